The zero-order valence-corrected chi connectivity index (χ0v) is 9.83. The number of benzene rings is 1. The maximum atomic E-state index is 10.6. The van der Waals surface area contributed by atoms with Gasteiger partial charge in [0.25, 0.3) is 11.7 Å². The van der Waals surface area contributed by atoms with Crippen LogP contribution in [0.15, 0.2) is 22.6 Å². The van der Waals surface area contributed by atoms with Crippen molar-refractivity contribution in [3.8, 4) is 0 Å². The summed E-state index contributed by atoms with van der Waals surface area (Å²) in [5, 5.41) is 21.9. The molecule has 1 heterocycles. The quantitative estimate of drug-likeness (QED) is 0.465. The molecule has 1 aromatic heterocycles. The fraction of sp³-hybridized carbons (Fsp3) is 0.273. The van der Waals surface area contributed by atoms with Crippen molar-refractivity contribution in [2.75, 3.05) is 11.9 Å². The van der Waals surface area contributed by atoms with Gasteiger partial charge in [-0.25, -0.2) is 0 Å². The third-order valence-corrected chi connectivity index (χ3v) is 2.43. The van der Waals surface area contributed by atoms with Crippen molar-refractivity contribution in [1.82, 2.24) is 4.98 Å². The van der Waals surface area contributed by atoms with Gasteiger partial charge in [0.05, 0.1) is 4.92 Å². The second-order valence-corrected chi connectivity index (χ2v) is 3.85. The van der Waals surface area contributed by atoms with Gasteiger partial charge in [0.2, 0.25) is 0 Å². The Balaban J connectivity index is 2.04. The van der Waals surface area contributed by atoms with Crippen LogP contribution in [0, 0.1) is 10.1 Å². The second-order valence-electron chi connectivity index (χ2n) is 3.85. The summed E-state index contributed by atoms with van der Waals surface area (Å²) in [6.45, 7) is 0.404. The first-order chi connectivity index (χ1) is 9.06. The number of anilines is 1. The third kappa shape index (κ3) is 3.18. The van der Waals surface area contributed by atoms with E-state index in [4.69, 9.17) is 9.52 Å². The van der Waals surface area contributed by atoms with Crippen LogP contribution in [-0.2, 0) is 4.79 Å². The number of hydrogen-bond donors (Lipinski definition) is 2. The molecule has 0 spiro atoms. The van der Waals surface area contributed by atoms with Gasteiger partial charge in [0, 0.05) is 25.1 Å². The summed E-state index contributed by atoms with van der Waals surface area (Å²) >= 11 is 0. The average molecular weight is 265 g/mol. The number of nitrogens with zero attached hydrogens (tertiary/aromatic N) is 2. The number of oxazole rings is 1. The molecule has 0 saturated heterocycles. The smallest absolute Gasteiger partial charge is 0.303 e. The van der Waals surface area contributed by atoms with E-state index in [1.807, 2.05) is 0 Å². The molecule has 0 unspecified atom stereocenters. The molecule has 0 bridgehead atoms. The molecule has 0 atom stereocenters. The summed E-state index contributed by atoms with van der Waals surface area (Å²) in [5.41, 5.74) is 0.763. The maximum Gasteiger partial charge on any atom is 0.303 e. The Morgan fingerprint density at radius 1 is 1.53 bits per heavy atom. The molecule has 0 aliphatic rings. The van der Waals surface area contributed by atoms with Gasteiger partial charge in [-0.05, 0) is 12.5 Å². The van der Waals surface area contributed by atoms with E-state index in [-0.39, 0.29) is 18.1 Å². The van der Waals surface area contributed by atoms with Crippen molar-refractivity contribution >= 4 is 28.8 Å². The number of carboxylic acids is 1. The van der Waals surface area contributed by atoms with E-state index < -0.39 is 10.9 Å². The van der Waals surface area contributed by atoms with Crippen LogP contribution in [0.5, 0.6) is 0 Å². The number of aromatic nitrogens is 1. The van der Waals surface area contributed by atoms with Crippen LogP contribution in [0.1, 0.15) is 12.8 Å². The molecule has 8 nitrogen and oxygen atoms in total. The van der Waals surface area contributed by atoms with Gasteiger partial charge in [0.1, 0.15) is 5.52 Å². The normalized spacial score (nSPS) is 10.5. The van der Waals surface area contributed by atoms with Gasteiger partial charge in [-0.1, -0.05) is 0 Å². The van der Waals surface area contributed by atoms with Gasteiger partial charge in [-0.2, -0.15) is 4.98 Å². The Labute approximate surface area is 107 Å². The van der Waals surface area contributed by atoms with E-state index in [1.165, 1.54) is 18.2 Å². The minimum absolute atomic E-state index is 0.0543. The standard InChI is InChI=1S/C11H11N3O5/c15-10(16)2-1-5-12-11-13-8-6-7(14(17)18)3-4-9(8)19-11/h3-4,6H,1-2,5H2,(H,12,13)(H,15,16). The highest BCUT2D eigenvalue weighted by Crippen LogP contribution is 2.23. The van der Waals surface area contributed by atoms with E-state index in [2.05, 4.69) is 10.3 Å². The number of carboxylic acid groups (broad SMARTS) is 1. The predicted octanol–water partition coefficient (Wildman–Crippen LogP) is 2.01. The summed E-state index contributed by atoms with van der Waals surface area (Å²) in [6.07, 6.45) is 0.493. The molecular formula is C11H11N3O5. The highest BCUT2D eigenvalue weighted by Gasteiger charge is 2.11. The number of rotatable bonds is 6. The van der Waals surface area contributed by atoms with Crippen LogP contribution in [-0.4, -0.2) is 27.5 Å². The van der Waals surface area contributed by atoms with Crippen LogP contribution in [0.2, 0.25) is 0 Å². The van der Waals surface area contributed by atoms with E-state index in [0.29, 0.717) is 24.1 Å². The molecule has 2 aromatic rings. The second kappa shape index (κ2) is 5.34. The average Bonchev–Trinajstić information content (AvgIpc) is 2.75. The van der Waals surface area contributed by atoms with Crippen molar-refractivity contribution in [1.29, 1.82) is 0 Å². The van der Waals surface area contributed by atoms with Gasteiger partial charge in [-0.15, -0.1) is 0 Å². The Bertz CT molecular complexity index is 622. The topological polar surface area (TPSA) is 119 Å². The Morgan fingerprint density at radius 2 is 2.32 bits per heavy atom. The van der Waals surface area contributed by atoms with Crippen molar-refractivity contribution in [3.63, 3.8) is 0 Å². The van der Waals surface area contributed by atoms with Crippen LogP contribution in [0.25, 0.3) is 11.1 Å². The number of hydrogen-bond acceptors (Lipinski definition) is 6. The van der Waals surface area contributed by atoms with Crippen molar-refractivity contribution in [3.05, 3.63) is 28.3 Å². The fourth-order valence-corrected chi connectivity index (χ4v) is 1.54. The molecular weight excluding hydrogens is 254 g/mol. The first-order valence-electron chi connectivity index (χ1n) is 5.57. The number of non-ortho nitro benzene ring substituents is 1. The molecule has 19 heavy (non-hydrogen) atoms. The first kappa shape index (κ1) is 12.8. The Morgan fingerprint density at radius 3 is 3.00 bits per heavy atom. The lowest BCUT2D eigenvalue weighted by Crippen LogP contribution is -2.04. The molecule has 0 saturated carbocycles. The zero-order chi connectivity index (χ0) is 13.8. The maximum absolute atomic E-state index is 10.6. The third-order valence-electron chi connectivity index (χ3n) is 2.43. The van der Waals surface area contributed by atoms with Crippen molar-refractivity contribution in [2.24, 2.45) is 0 Å². The molecule has 0 radical (unpaired) electrons. The fourth-order valence-electron chi connectivity index (χ4n) is 1.54. The first-order valence-corrected chi connectivity index (χ1v) is 5.57. The van der Waals surface area contributed by atoms with Gasteiger partial charge in [0.15, 0.2) is 5.58 Å². The number of aliphatic carboxylic acids is 1. The lowest BCUT2D eigenvalue weighted by atomic mass is 10.3. The van der Waals surface area contributed by atoms with Gasteiger partial charge in [-0.3, -0.25) is 14.9 Å². The van der Waals surface area contributed by atoms with E-state index in [1.54, 1.807) is 0 Å². The summed E-state index contributed by atoms with van der Waals surface area (Å²) in [4.78, 5) is 24.5. The number of nitro benzene ring substituents is 1. The molecule has 0 fully saturated rings. The van der Waals surface area contributed by atoms with Crippen LogP contribution in [0.4, 0.5) is 11.7 Å². The molecule has 2 N–H and O–H groups in total. The van der Waals surface area contributed by atoms with Crippen LogP contribution in [0.3, 0.4) is 0 Å². The summed E-state index contributed by atoms with van der Waals surface area (Å²) < 4.78 is 5.32. The van der Waals surface area contributed by atoms with E-state index in [9.17, 15) is 14.9 Å². The molecule has 0 aliphatic heterocycles. The van der Waals surface area contributed by atoms with Crippen molar-refractivity contribution in [2.45, 2.75) is 12.8 Å². The lowest BCUT2D eigenvalue weighted by Gasteiger charge is -1.98. The monoisotopic (exact) mass is 265 g/mol. The van der Waals surface area contributed by atoms with Crippen molar-refractivity contribution < 1.29 is 19.2 Å². The molecule has 2 rings (SSSR count). The number of nitrogens with one attached hydrogen (secondary N) is 1. The summed E-state index contributed by atoms with van der Waals surface area (Å²) in [7, 11) is 0. The molecule has 1 aromatic carbocycles. The summed E-state index contributed by atoms with van der Waals surface area (Å²) in [6, 6.07) is 4.35. The molecule has 8 heteroatoms. The zero-order valence-electron chi connectivity index (χ0n) is 9.83. The minimum atomic E-state index is -0.866. The SMILES string of the molecule is O=C(O)CCCNc1nc2cc([N+](=O)[O-])ccc2o1. The number of carbonyl (C=O) groups is 1. The number of fused-ring (bicyclic) bond motifs is 1. The Hall–Kier alpha value is -2.64. The van der Waals surface area contributed by atoms with Gasteiger partial charge >= 0.3 is 5.97 Å². The molecule has 0 aliphatic carbocycles. The van der Waals surface area contributed by atoms with Crippen LogP contribution < -0.4 is 5.32 Å². The molecule has 0 amide bonds. The number of nitro groups is 1. The highest BCUT2D eigenvalue weighted by molar-refractivity contribution is 5.77. The highest BCUT2D eigenvalue weighted by atomic mass is 16.6. The van der Waals surface area contributed by atoms with E-state index >= 15 is 0 Å². The summed E-state index contributed by atoms with van der Waals surface area (Å²) in [5.74, 6) is -0.866. The van der Waals surface area contributed by atoms with Gasteiger partial charge < -0.3 is 14.8 Å². The van der Waals surface area contributed by atoms with Crippen LogP contribution >= 0.6 is 0 Å². The minimum Gasteiger partial charge on any atom is -0.481 e. The van der Waals surface area contributed by atoms with E-state index in [0.717, 1.165) is 0 Å². The Kier molecular flexibility index (Phi) is 3.60. The predicted molar refractivity (Wildman–Crippen MR) is 66.0 cm³/mol. The largest absolute Gasteiger partial charge is 0.481 e. The molecule has 100 valence electrons. The lowest BCUT2D eigenvalue weighted by molar-refractivity contribution is -0.384.